The second kappa shape index (κ2) is 6.43. The lowest BCUT2D eigenvalue weighted by Gasteiger charge is -2.19. The number of halogens is 2. The monoisotopic (exact) mass is 398 g/mol. The summed E-state index contributed by atoms with van der Waals surface area (Å²) in [4.78, 5) is 13.2. The van der Waals surface area contributed by atoms with Crippen molar-refractivity contribution in [3.63, 3.8) is 0 Å². The molecule has 0 aromatic heterocycles. The molecule has 2 unspecified atom stereocenters. The Kier molecular flexibility index (Phi) is 4.11. The Labute approximate surface area is 167 Å². The quantitative estimate of drug-likeness (QED) is 0.757. The molecule has 2 bridgehead atoms. The average molecular weight is 399 g/mol. The van der Waals surface area contributed by atoms with Crippen LogP contribution in [-0.2, 0) is 16.0 Å². The van der Waals surface area contributed by atoms with E-state index in [9.17, 15) is 14.3 Å². The van der Waals surface area contributed by atoms with Gasteiger partial charge in [-0.15, -0.1) is 0 Å². The summed E-state index contributed by atoms with van der Waals surface area (Å²) in [5, 5.41) is 11.0. The molecule has 144 valence electrons. The Morgan fingerprint density at radius 2 is 1.79 bits per heavy atom. The number of carbonyl (C=O) groups excluding carboxylic acids is 1. The van der Waals surface area contributed by atoms with Crippen molar-refractivity contribution in [2.45, 2.75) is 38.4 Å². The number of aryl methyl sites for hydroxylation is 1. The number of aliphatic hydroxyl groups excluding tert-OH is 1. The highest BCUT2D eigenvalue weighted by Gasteiger charge is 2.59. The Bertz CT molecular complexity index is 1030. The second-order valence-electron chi connectivity index (χ2n) is 7.82. The van der Waals surface area contributed by atoms with Crippen LogP contribution >= 0.6 is 11.6 Å². The van der Waals surface area contributed by atoms with Crippen molar-refractivity contribution in [1.82, 2.24) is 0 Å². The van der Waals surface area contributed by atoms with Crippen LogP contribution in [0.25, 0.3) is 16.7 Å². The van der Waals surface area contributed by atoms with E-state index in [0.29, 0.717) is 11.1 Å². The Balaban J connectivity index is 1.63. The lowest BCUT2D eigenvalue weighted by atomic mass is 9.80. The molecule has 5 rings (SSSR count). The molecule has 4 atom stereocenters. The first-order valence-electron chi connectivity index (χ1n) is 9.71. The summed E-state index contributed by atoms with van der Waals surface area (Å²) in [6.07, 6.45) is 2.35. The Morgan fingerprint density at radius 1 is 1.11 bits per heavy atom. The van der Waals surface area contributed by atoms with Gasteiger partial charge < -0.3 is 9.84 Å². The SMILES string of the molecule is CCc1ccc(-c2ccc(Cl)c(F)c2)cc1C1=C(O)[C@H]2C3CCC(O3)[C@H]2C1=O. The highest BCUT2D eigenvalue weighted by Crippen LogP contribution is 2.54. The maximum atomic E-state index is 13.9. The van der Waals surface area contributed by atoms with Gasteiger partial charge in [0.15, 0.2) is 5.78 Å². The molecule has 2 heterocycles. The molecular formula is C23H20ClFO3. The van der Waals surface area contributed by atoms with Crippen LogP contribution < -0.4 is 0 Å². The van der Waals surface area contributed by atoms with Gasteiger partial charge in [0.25, 0.3) is 0 Å². The van der Waals surface area contributed by atoms with E-state index >= 15 is 0 Å². The molecule has 3 aliphatic rings. The maximum Gasteiger partial charge on any atom is 0.173 e. The van der Waals surface area contributed by atoms with Crippen molar-refractivity contribution in [2.75, 3.05) is 0 Å². The molecule has 1 N–H and O–H groups in total. The Hall–Kier alpha value is -2.17. The number of hydrogen-bond donors (Lipinski definition) is 1. The molecular weight excluding hydrogens is 379 g/mol. The van der Waals surface area contributed by atoms with Gasteiger partial charge in [-0.05, 0) is 59.7 Å². The van der Waals surface area contributed by atoms with E-state index in [1.807, 2.05) is 25.1 Å². The molecule has 2 aliphatic heterocycles. The van der Waals surface area contributed by atoms with Crippen LogP contribution in [0.4, 0.5) is 4.39 Å². The lowest BCUT2D eigenvalue weighted by molar-refractivity contribution is -0.118. The molecule has 0 radical (unpaired) electrons. The minimum Gasteiger partial charge on any atom is -0.511 e. The number of ketones is 1. The zero-order valence-corrected chi connectivity index (χ0v) is 16.2. The summed E-state index contributed by atoms with van der Waals surface area (Å²) in [6, 6.07) is 10.4. The number of fused-ring (bicyclic) bond motifs is 5. The van der Waals surface area contributed by atoms with Crippen LogP contribution in [0.1, 0.15) is 30.9 Å². The van der Waals surface area contributed by atoms with Crippen molar-refractivity contribution >= 4 is 23.0 Å². The fourth-order valence-corrected chi connectivity index (χ4v) is 5.18. The standard InChI is InChI=1S/C23H20ClFO3/c1-2-11-3-4-12(13-5-6-15(24)16(25)10-13)9-14(11)19-22(26)20-17-7-8-18(28-17)21(20)23(19)27/h3-6,9-10,17-18,20-21,26H,2,7-8H2,1H3/t17?,18?,20-,21+/m0/s1. The summed E-state index contributed by atoms with van der Waals surface area (Å²) in [6.45, 7) is 2.02. The molecule has 2 aromatic rings. The van der Waals surface area contributed by atoms with Gasteiger partial charge in [-0.1, -0.05) is 36.7 Å². The molecule has 28 heavy (non-hydrogen) atoms. The van der Waals surface area contributed by atoms with Crippen LogP contribution in [0.2, 0.25) is 5.02 Å². The van der Waals surface area contributed by atoms with E-state index in [-0.39, 0.29) is 40.6 Å². The molecule has 0 amide bonds. The third kappa shape index (κ3) is 2.48. The van der Waals surface area contributed by atoms with Gasteiger partial charge in [0.05, 0.1) is 34.6 Å². The minimum atomic E-state index is -0.484. The van der Waals surface area contributed by atoms with Crippen LogP contribution in [-0.4, -0.2) is 23.1 Å². The zero-order chi connectivity index (χ0) is 19.6. The minimum absolute atomic E-state index is 0.0242. The van der Waals surface area contributed by atoms with Crippen LogP contribution in [0, 0.1) is 17.7 Å². The molecule has 5 heteroatoms. The first-order valence-corrected chi connectivity index (χ1v) is 10.1. The highest BCUT2D eigenvalue weighted by atomic mass is 35.5. The summed E-state index contributed by atoms with van der Waals surface area (Å²) in [7, 11) is 0. The molecule has 2 fully saturated rings. The predicted molar refractivity (Wildman–Crippen MR) is 106 cm³/mol. The van der Waals surface area contributed by atoms with Crippen molar-refractivity contribution in [2.24, 2.45) is 11.8 Å². The number of allylic oxidation sites excluding steroid dienone is 1. The molecule has 1 aliphatic carbocycles. The van der Waals surface area contributed by atoms with Gasteiger partial charge in [-0.3, -0.25) is 4.79 Å². The van der Waals surface area contributed by atoms with Crippen LogP contribution in [0.5, 0.6) is 0 Å². The molecule has 2 aromatic carbocycles. The van der Waals surface area contributed by atoms with Crippen molar-refractivity contribution < 1.29 is 19.0 Å². The van der Waals surface area contributed by atoms with E-state index in [4.69, 9.17) is 16.3 Å². The fraction of sp³-hybridized carbons (Fsp3) is 0.348. The van der Waals surface area contributed by atoms with Crippen LogP contribution in [0.3, 0.4) is 0 Å². The molecule has 0 saturated carbocycles. The van der Waals surface area contributed by atoms with Gasteiger partial charge in [-0.25, -0.2) is 4.39 Å². The zero-order valence-electron chi connectivity index (χ0n) is 15.4. The average Bonchev–Trinajstić information content (AvgIpc) is 3.37. The first kappa shape index (κ1) is 17.9. The predicted octanol–water partition coefficient (Wildman–Crippen LogP) is 5.35. The number of benzene rings is 2. The largest absolute Gasteiger partial charge is 0.511 e. The number of carbonyl (C=O) groups is 1. The first-order chi connectivity index (χ1) is 13.5. The lowest BCUT2D eigenvalue weighted by Crippen LogP contribution is -2.29. The van der Waals surface area contributed by atoms with Crippen molar-refractivity contribution in [3.8, 4) is 11.1 Å². The molecule has 2 saturated heterocycles. The normalized spacial score (nSPS) is 28.3. The third-order valence-electron chi connectivity index (χ3n) is 6.41. The maximum absolute atomic E-state index is 13.9. The summed E-state index contributed by atoms with van der Waals surface area (Å²) in [5.41, 5.74) is 3.61. The number of hydrogen-bond acceptors (Lipinski definition) is 3. The van der Waals surface area contributed by atoms with E-state index < -0.39 is 5.82 Å². The van der Waals surface area contributed by atoms with E-state index in [2.05, 4.69) is 0 Å². The number of rotatable bonds is 3. The summed E-state index contributed by atoms with van der Waals surface area (Å²) >= 11 is 5.80. The van der Waals surface area contributed by atoms with Crippen LogP contribution in [0.15, 0.2) is 42.2 Å². The Morgan fingerprint density at radius 3 is 2.46 bits per heavy atom. The number of aliphatic hydroxyl groups is 1. The third-order valence-corrected chi connectivity index (χ3v) is 6.71. The number of Topliss-reactive ketones (excluding diaryl/α,β-unsaturated/α-hetero) is 1. The smallest absolute Gasteiger partial charge is 0.173 e. The van der Waals surface area contributed by atoms with E-state index in [0.717, 1.165) is 36.0 Å². The summed E-state index contributed by atoms with van der Waals surface area (Å²) in [5.74, 6) is -0.833. The number of ether oxygens (including phenoxy) is 1. The van der Waals surface area contributed by atoms with E-state index in [1.165, 1.54) is 12.1 Å². The fourth-order valence-electron chi connectivity index (χ4n) is 5.06. The highest BCUT2D eigenvalue weighted by molar-refractivity contribution is 6.30. The van der Waals surface area contributed by atoms with Gasteiger partial charge in [0.1, 0.15) is 11.6 Å². The van der Waals surface area contributed by atoms with Gasteiger partial charge in [0.2, 0.25) is 0 Å². The second-order valence-corrected chi connectivity index (χ2v) is 8.23. The summed E-state index contributed by atoms with van der Waals surface area (Å²) < 4.78 is 19.8. The van der Waals surface area contributed by atoms with Gasteiger partial charge in [0, 0.05) is 0 Å². The molecule has 3 nitrogen and oxygen atoms in total. The van der Waals surface area contributed by atoms with Crippen molar-refractivity contribution in [1.29, 1.82) is 0 Å². The molecule has 0 spiro atoms. The topological polar surface area (TPSA) is 46.5 Å². The van der Waals surface area contributed by atoms with Gasteiger partial charge >= 0.3 is 0 Å². The van der Waals surface area contributed by atoms with E-state index in [1.54, 1.807) is 6.07 Å². The van der Waals surface area contributed by atoms with Crippen molar-refractivity contribution in [3.05, 3.63) is 64.1 Å². The van der Waals surface area contributed by atoms with Gasteiger partial charge in [-0.2, -0.15) is 0 Å².